The Morgan fingerprint density at radius 3 is 2.17 bits per heavy atom. The number of ether oxygens (including phenoxy) is 2. The molecule has 1 heterocycles. The van der Waals surface area contributed by atoms with Crippen LogP contribution >= 0.6 is 0 Å². The molecule has 1 aromatic carbocycles. The Balaban J connectivity index is 1.76. The topological polar surface area (TPSA) is 18.5 Å². The second-order valence-electron chi connectivity index (χ2n) is 7.42. The van der Waals surface area contributed by atoms with Crippen molar-refractivity contribution >= 4 is 0 Å². The van der Waals surface area contributed by atoms with Crippen LogP contribution in [0.25, 0.3) is 0 Å². The first-order chi connectivity index (χ1) is 11.2. The van der Waals surface area contributed by atoms with Crippen LogP contribution in [0.3, 0.4) is 0 Å². The molecule has 1 fully saturated rings. The molecule has 0 aromatic heterocycles. The Bertz CT molecular complexity index is 430. The summed E-state index contributed by atoms with van der Waals surface area (Å²) in [4.78, 5) is 0. The van der Waals surface area contributed by atoms with Crippen LogP contribution in [0.2, 0.25) is 0 Å². The molecule has 130 valence electrons. The number of benzene rings is 1. The largest absolute Gasteiger partial charge is 0.348 e. The van der Waals surface area contributed by atoms with E-state index in [-0.39, 0.29) is 11.7 Å². The van der Waals surface area contributed by atoms with Gasteiger partial charge in [-0.1, -0.05) is 83.6 Å². The van der Waals surface area contributed by atoms with Gasteiger partial charge in [-0.05, 0) is 18.4 Å². The standard InChI is InChI=1S/C21H34O2/c1-4-6-7-8-9-15-21(3)16-22-20(23-17-21)19-13-11-18(10-5-2)12-14-19/h11-14,20H,4-10,15-17H2,1-3H3/t20-,21-. The van der Waals surface area contributed by atoms with Gasteiger partial charge in [-0.15, -0.1) is 0 Å². The number of hydrogen-bond donors (Lipinski definition) is 0. The van der Waals surface area contributed by atoms with Crippen molar-refractivity contribution in [2.75, 3.05) is 13.2 Å². The summed E-state index contributed by atoms with van der Waals surface area (Å²) in [6.45, 7) is 8.39. The normalized spacial score (nSPS) is 24.7. The van der Waals surface area contributed by atoms with Gasteiger partial charge in [0.2, 0.25) is 0 Å². The summed E-state index contributed by atoms with van der Waals surface area (Å²) in [6, 6.07) is 8.71. The van der Waals surface area contributed by atoms with Gasteiger partial charge in [-0.2, -0.15) is 0 Å². The monoisotopic (exact) mass is 318 g/mol. The summed E-state index contributed by atoms with van der Waals surface area (Å²) >= 11 is 0. The van der Waals surface area contributed by atoms with E-state index >= 15 is 0 Å². The lowest BCUT2D eigenvalue weighted by Gasteiger charge is -2.37. The molecule has 1 aromatic rings. The smallest absolute Gasteiger partial charge is 0.183 e. The van der Waals surface area contributed by atoms with E-state index in [1.807, 2.05) is 0 Å². The molecule has 1 aliphatic rings. The maximum absolute atomic E-state index is 6.04. The second-order valence-corrected chi connectivity index (χ2v) is 7.42. The molecule has 1 saturated heterocycles. The fraction of sp³-hybridized carbons (Fsp3) is 0.714. The van der Waals surface area contributed by atoms with Crippen molar-refractivity contribution < 1.29 is 9.47 Å². The van der Waals surface area contributed by atoms with Gasteiger partial charge in [0.25, 0.3) is 0 Å². The van der Waals surface area contributed by atoms with Crippen LogP contribution < -0.4 is 0 Å². The van der Waals surface area contributed by atoms with Crippen molar-refractivity contribution in [1.29, 1.82) is 0 Å². The van der Waals surface area contributed by atoms with E-state index in [4.69, 9.17) is 9.47 Å². The summed E-state index contributed by atoms with van der Waals surface area (Å²) in [5.41, 5.74) is 2.73. The lowest BCUT2D eigenvalue weighted by molar-refractivity contribution is -0.232. The van der Waals surface area contributed by atoms with Crippen LogP contribution in [0.1, 0.15) is 83.1 Å². The molecule has 0 atom stereocenters. The van der Waals surface area contributed by atoms with Crippen molar-refractivity contribution in [3.63, 3.8) is 0 Å². The SMILES string of the molecule is CCCCCCC[C@]1(C)CO[C@@H](c2ccc(CCC)cc2)OC1. The van der Waals surface area contributed by atoms with Crippen LogP contribution in [0.5, 0.6) is 0 Å². The minimum absolute atomic E-state index is 0.182. The zero-order valence-corrected chi connectivity index (χ0v) is 15.3. The Morgan fingerprint density at radius 2 is 1.57 bits per heavy atom. The number of aryl methyl sites for hydroxylation is 1. The molecule has 0 unspecified atom stereocenters. The fourth-order valence-corrected chi connectivity index (χ4v) is 3.27. The minimum atomic E-state index is -0.182. The molecule has 1 aliphatic heterocycles. The first kappa shape index (κ1) is 18.5. The fourth-order valence-electron chi connectivity index (χ4n) is 3.27. The van der Waals surface area contributed by atoms with Gasteiger partial charge in [-0.25, -0.2) is 0 Å². The summed E-state index contributed by atoms with van der Waals surface area (Å²) in [5.74, 6) is 0. The highest BCUT2D eigenvalue weighted by Crippen LogP contribution is 2.35. The average molecular weight is 319 g/mol. The first-order valence-electron chi connectivity index (χ1n) is 9.49. The molecule has 2 heteroatoms. The van der Waals surface area contributed by atoms with Crippen molar-refractivity contribution in [3.05, 3.63) is 35.4 Å². The molecule has 0 saturated carbocycles. The lowest BCUT2D eigenvalue weighted by Crippen LogP contribution is -2.36. The molecular weight excluding hydrogens is 284 g/mol. The van der Waals surface area contributed by atoms with Crippen molar-refractivity contribution in [3.8, 4) is 0 Å². The second kappa shape index (κ2) is 9.44. The highest BCUT2D eigenvalue weighted by molar-refractivity contribution is 5.23. The van der Waals surface area contributed by atoms with Gasteiger partial charge in [-0.3, -0.25) is 0 Å². The van der Waals surface area contributed by atoms with Crippen LogP contribution in [-0.4, -0.2) is 13.2 Å². The van der Waals surface area contributed by atoms with Gasteiger partial charge in [0, 0.05) is 11.0 Å². The van der Waals surface area contributed by atoms with E-state index in [1.165, 1.54) is 50.5 Å². The zero-order chi connectivity index (χ0) is 16.5. The Morgan fingerprint density at radius 1 is 0.913 bits per heavy atom. The molecule has 23 heavy (non-hydrogen) atoms. The summed E-state index contributed by atoms with van der Waals surface area (Å²) < 4.78 is 12.1. The highest BCUT2D eigenvalue weighted by Gasteiger charge is 2.32. The molecule has 0 radical (unpaired) electrons. The zero-order valence-electron chi connectivity index (χ0n) is 15.3. The van der Waals surface area contributed by atoms with Gasteiger partial charge in [0.05, 0.1) is 13.2 Å². The molecule has 0 spiro atoms. The van der Waals surface area contributed by atoms with E-state index in [0.29, 0.717) is 0 Å². The van der Waals surface area contributed by atoms with E-state index < -0.39 is 0 Å². The molecule has 2 rings (SSSR count). The third-order valence-corrected chi connectivity index (χ3v) is 4.84. The predicted octanol–water partition coefficient (Wildman–Crippen LogP) is 6.05. The van der Waals surface area contributed by atoms with Crippen LogP contribution in [-0.2, 0) is 15.9 Å². The Labute approximate surface area is 142 Å². The third-order valence-electron chi connectivity index (χ3n) is 4.84. The van der Waals surface area contributed by atoms with Crippen molar-refractivity contribution in [2.45, 2.75) is 78.4 Å². The van der Waals surface area contributed by atoms with Crippen molar-refractivity contribution in [1.82, 2.24) is 0 Å². The predicted molar refractivity (Wildman–Crippen MR) is 96.6 cm³/mol. The minimum Gasteiger partial charge on any atom is -0.348 e. The number of unbranched alkanes of at least 4 members (excludes halogenated alkanes) is 4. The molecule has 0 bridgehead atoms. The van der Waals surface area contributed by atoms with E-state index in [1.54, 1.807) is 0 Å². The maximum Gasteiger partial charge on any atom is 0.183 e. The van der Waals surface area contributed by atoms with Crippen LogP contribution in [0.15, 0.2) is 24.3 Å². The van der Waals surface area contributed by atoms with Gasteiger partial charge >= 0.3 is 0 Å². The van der Waals surface area contributed by atoms with Crippen molar-refractivity contribution in [2.24, 2.45) is 5.41 Å². The van der Waals surface area contributed by atoms with Gasteiger partial charge < -0.3 is 9.47 Å². The summed E-state index contributed by atoms with van der Waals surface area (Å²) in [5, 5.41) is 0. The molecule has 2 nitrogen and oxygen atoms in total. The molecule has 0 amide bonds. The van der Waals surface area contributed by atoms with E-state index in [9.17, 15) is 0 Å². The Kier molecular flexibility index (Phi) is 7.58. The molecular formula is C21H34O2. The average Bonchev–Trinajstić information content (AvgIpc) is 2.57. The maximum atomic E-state index is 6.04. The summed E-state index contributed by atoms with van der Waals surface area (Å²) in [6.07, 6.45) is 10.0. The quantitative estimate of drug-likeness (QED) is 0.516. The number of hydrogen-bond acceptors (Lipinski definition) is 2. The first-order valence-corrected chi connectivity index (χ1v) is 9.49. The van der Waals surface area contributed by atoms with E-state index in [2.05, 4.69) is 45.0 Å². The summed E-state index contributed by atoms with van der Waals surface area (Å²) in [7, 11) is 0. The molecule has 0 N–H and O–H groups in total. The lowest BCUT2D eigenvalue weighted by atomic mass is 9.85. The number of rotatable bonds is 9. The Hall–Kier alpha value is -0.860. The van der Waals surface area contributed by atoms with Crippen LogP contribution in [0, 0.1) is 5.41 Å². The van der Waals surface area contributed by atoms with Crippen LogP contribution in [0.4, 0.5) is 0 Å². The molecule has 0 aliphatic carbocycles. The van der Waals surface area contributed by atoms with Gasteiger partial charge in [0.15, 0.2) is 6.29 Å². The van der Waals surface area contributed by atoms with E-state index in [0.717, 1.165) is 25.2 Å². The third kappa shape index (κ3) is 5.93. The highest BCUT2D eigenvalue weighted by atomic mass is 16.7. The van der Waals surface area contributed by atoms with Gasteiger partial charge in [0.1, 0.15) is 0 Å².